The van der Waals surface area contributed by atoms with Crippen molar-refractivity contribution in [1.29, 1.82) is 0 Å². The van der Waals surface area contributed by atoms with E-state index in [1.54, 1.807) is 12.5 Å². The van der Waals surface area contributed by atoms with Crippen molar-refractivity contribution in [2.45, 2.75) is 6.04 Å². The van der Waals surface area contributed by atoms with E-state index in [-0.39, 0.29) is 18.3 Å². The van der Waals surface area contributed by atoms with Crippen LogP contribution in [0.25, 0.3) is 0 Å². The van der Waals surface area contributed by atoms with Gasteiger partial charge >= 0.3 is 5.97 Å². The van der Waals surface area contributed by atoms with Gasteiger partial charge in [-0.05, 0) is 7.05 Å². The maximum atomic E-state index is 10.9. The van der Waals surface area contributed by atoms with Gasteiger partial charge in [-0.15, -0.1) is 11.3 Å². The fourth-order valence-corrected chi connectivity index (χ4v) is 2.75. The summed E-state index contributed by atoms with van der Waals surface area (Å²) in [5.74, 6) is -1.05. The lowest BCUT2D eigenvalue weighted by Crippen LogP contribution is -2.28. The normalized spacial score (nSPS) is 12.8. The van der Waals surface area contributed by atoms with Gasteiger partial charge in [0.1, 0.15) is 11.0 Å². The van der Waals surface area contributed by atoms with Crippen LogP contribution < -0.4 is 0 Å². The molecule has 7 nitrogen and oxygen atoms in total. The second-order valence-corrected chi connectivity index (χ2v) is 4.88. The molecule has 3 N–H and O–H groups in total. The monoisotopic (exact) mass is 282 g/mol. The summed E-state index contributed by atoms with van der Waals surface area (Å²) >= 11 is 1.28. The molecule has 19 heavy (non-hydrogen) atoms. The van der Waals surface area contributed by atoms with Crippen LogP contribution in [0.5, 0.6) is 0 Å². The molecule has 2 heterocycles. The molecule has 0 aliphatic heterocycles. The summed E-state index contributed by atoms with van der Waals surface area (Å²) in [5, 5.41) is 20.1. The number of aromatic nitrogens is 3. The fourth-order valence-electron chi connectivity index (χ4n) is 1.77. The first-order valence-corrected chi connectivity index (χ1v) is 6.49. The molecule has 0 aromatic carbocycles. The van der Waals surface area contributed by atoms with Crippen molar-refractivity contribution in [2.24, 2.45) is 0 Å². The third kappa shape index (κ3) is 2.98. The van der Waals surface area contributed by atoms with Crippen LogP contribution >= 0.6 is 11.3 Å². The van der Waals surface area contributed by atoms with Crippen molar-refractivity contribution in [3.8, 4) is 0 Å². The number of aliphatic hydroxyl groups excluding tert-OH is 1. The van der Waals surface area contributed by atoms with Gasteiger partial charge in [0, 0.05) is 18.1 Å². The Kier molecular flexibility index (Phi) is 4.25. The number of nitrogens with one attached hydrogen (secondary N) is 1. The summed E-state index contributed by atoms with van der Waals surface area (Å²) in [7, 11) is 1.84. The van der Waals surface area contributed by atoms with Crippen LogP contribution in [0.3, 0.4) is 0 Å². The molecule has 0 saturated heterocycles. The average Bonchev–Trinajstić information content (AvgIpc) is 3.01. The first kappa shape index (κ1) is 13.7. The van der Waals surface area contributed by atoms with E-state index in [0.29, 0.717) is 11.6 Å². The number of rotatable bonds is 6. The number of thiazole rings is 1. The minimum atomic E-state index is -1.05. The molecule has 0 amide bonds. The summed E-state index contributed by atoms with van der Waals surface area (Å²) < 4.78 is 0. The number of likely N-dealkylation sites (N-methyl/N-ethyl adjacent to an activating group) is 1. The minimum Gasteiger partial charge on any atom is -0.476 e. The van der Waals surface area contributed by atoms with E-state index in [4.69, 9.17) is 10.2 Å². The Morgan fingerprint density at radius 3 is 2.95 bits per heavy atom. The number of aromatic carboxylic acids is 1. The van der Waals surface area contributed by atoms with Crippen molar-refractivity contribution in [3.63, 3.8) is 0 Å². The number of carbonyl (C=O) groups is 1. The molecule has 0 aliphatic rings. The number of carboxylic acids is 1. The molecule has 0 bridgehead atoms. The first-order chi connectivity index (χ1) is 9.13. The average molecular weight is 282 g/mol. The van der Waals surface area contributed by atoms with Gasteiger partial charge in [0.15, 0.2) is 5.69 Å². The Labute approximate surface area is 113 Å². The van der Waals surface area contributed by atoms with E-state index in [9.17, 15) is 4.79 Å². The highest BCUT2D eigenvalue weighted by Crippen LogP contribution is 2.28. The number of carboxylic acid groups (broad SMARTS) is 1. The lowest BCUT2D eigenvalue weighted by molar-refractivity contribution is 0.0690. The first-order valence-electron chi connectivity index (χ1n) is 5.61. The second-order valence-electron chi connectivity index (χ2n) is 3.99. The van der Waals surface area contributed by atoms with Crippen LogP contribution in [0.4, 0.5) is 0 Å². The zero-order valence-electron chi connectivity index (χ0n) is 10.3. The molecule has 1 atom stereocenters. The van der Waals surface area contributed by atoms with Gasteiger partial charge in [0.05, 0.1) is 18.6 Å². The summed E-state index contributed by atoms with van der Waals surface area (Å²) in [4.78, 5) is 23.9. The Bertz CT molecular complexity index is 540. The van der Waals surface area contributed by atoms with Gasteiger partial charge < -0.3 is 15.2 Å². The van der Waals surface area contributed by atoms with Gasteiger partial charge in [-0.25, -0.2) is 14.8 Å². The summed E-state index contributed by atoms with van der Waals surface area (Å²) in [6.45, 7) is 0.462. The maximum Gasteiger partial charge on any atom is 0.355 e. The number of aromatic amines is 1. The topological polar surface area (TPSA) is 102 Å². The van der Waals surface area contributed by atoms with Crippen LogP contribution in [-0.2, 0) is 0 Å². The number of aliphatic hydroxyl groups is 1. The second kappa shape index (κ2) is 5.91. The summed E-state index contributed by atoms with van der Waals surface area (Å²) in [5.41, 5.74) is 0.837. The molecule has 2 rings (SSSR count). The van der Waals surface area contributed by atoms with Crippen molar-refractivity contribution < 1.29 is 15.0 Å². The molecule has 102 valence electrons. The largest absolute Gasteiger partial charge is 0.476 e. The molecular weight excluding hydrogens is 268 g/mol. The predicted molar refractivity (Wildman–Crippen MR) is 69.2 cm³/mol. The van der Waals surface area contributed by atoms with Gasteiger partial charge in [0.2, 0.25) is 0 Å². The number of hydrogen-bond acceptors (Lipinski definition) is 6. The van der Waals surface area contributed by atoms with Crippen molar-refractivity contribution in [3.05, 3.63) is 34.3 Å². The van der Waals surface area contributed by atoms with Crippen LogP contribution in [0.2, 0.25) is 0 Å². The third-order valence-corrected chi connectivity index (χ3v) is 3.58. The lowest BCUT2D eigenvalue weighted by Gasteiger charge is -2.24. The van der Waals surface area contributed by atoms with Crippen LogP contribution in [0.1, 0.15) is 27.2 Å². The molecule has 2 aromatic heterocycles. The van der Waals surface area contributed by atoms with Crippen LogP contribution in [-0.4, -0.2) is 56.2 Å². The van der Waals surface area contributed by atoms with Crippen molar-refractivity contribution in [2.75, 3.05) is 20.2 Å². The summed E-state index contributed by atoms with van der Waals surface area (Å²) in [6.07, 6.45) is 3.22. The zero-order chi connectivity index (χ0) is 13.8. The molecule has 0 saturated carbocycles. The molecule has 1 unspecified atom stereocenters. The quantitative estimate of drug-likeness (QED) is 0.716. The van der Waals surface area contributed by atoms with Gasteiger partial charge in [0.25, 0.3) is 0 Å². The van der Waals surface area contributed by atoms with E-state index in [1.165, 1.54) is 16.7 Å². The predicted octanol–water partition coefficient (Wildman–Crippen LogP) is 0.578. The van der Waals surface area contributed by atoms with E-state index in [1.807, 2.05) is 11.9 Å². The Balaban J connectivity index is 2.33. The van der Waals surface area contributed by atoms with E-state index in [0.717, 1.165) is 5.69 Å². The van der Waals surface area contributed by atoms with E-state index in [2.05, 4.69) is 15.0 Å². The van der Waals surface area contributed by atoms with E-state index < -0.39 is 5.97 Å². The van der Waals surface area contributed by atoms with Gasteiger partial charge in [-0.3, -0.25) is 4.90 Å². The number of imidazole rings is 1. The highest BCUT2D eigenvalue weighted by molar-refractivity contribution is 7.09. The molecule has 0 fully saturated rings. The molecule has 0 radical (unpaired) electrons. The highest BCUT2D eigenvalue weighted by atomic mass is 32.1. The third-order valence-electron chi connectivity index (χ3n) is 2.68. The van der Waals surface area contributed by atoms with Crippen molar-refractivity contribution >= 4 is 17.3 Å². The zero-order valence-corrected chi connectivity index (χ0v) is 11.1. The Morgan fingerprint density at radius 2 is 2.42 bits per heavy atom. The Hall–Kier alpha value is -1.77. The van der Waals surface area contributed by atoms with Crippen LogP contribution in [0.15, 0.2) is 17.9 Å². The molecule has 2 aromatic rings. The Morgan fingerprint density at radius 1 is 1.63 bits per heavy atom. The smallest absolute Gasteiger partial charge is 0.355 e. The summed E-state index contributed by atoms with van der Waals surface area (Å²) in [6, 6.07) is -0.243. The van der Waals surface area contributed by atoms with Gasteiger partial charge in [-0.2, -0.15) is 0 Å². The van der Waals surface area contributed by atoms with Crippen molar-refractivity contribution in [1.82, 2.24) is 19.9 Å². The molecule has 0 aliphatic carbocycles. The minimum absolute atomic E-state index is 0.0122. The number of H-pyrrole nitrogens is 1. The molecular formula is C11H14N4O3S. The fraction of sp³-hybridized carbons (Fsp3) is 0.364. The highest BCUT2D eigenvalue weighted by Gasteiger charge is 2.24. The SMILES string of the molecule is CN(CCO)C(c1cnc[nH]1)c1nc(C(=O)O)cs1. The van der Waals surface area contributed by atoms with Gasteiger partial charge in [-0.1, -0.05) is 0 Å². The number of nitrogens with zero attached hydrogens (tertiary/aromatic N) is 3. The maximum absolute atomic E-state index is 10.9. The van der Waals surface area contributed by atoms with Crippen LogP contribution in [0, 0.1) is 0 Å². The standard InChI is InChI=1S/C11H14N4O3S/c1-15(2-3-16)9(7-4-12-6-13-7)10-14-8(5-19-10)11(17)18/h4-6,9,16H,2-3H2,1H3,(H,12,13)(H,17,18). The molecule has 0 spiro atoms. The number of hydrogen-bond donors (Lipinski definition) is 3. The molecule has 8 heteroatoms. The lowest BCUT2D eigenvalue weighted by atomic mass is 10.2. The van der Waals surface area contributed by atoms with E-state index >= 15 is 0 Å².